The minimum absolute atomic E-state index is 0.125. The van der Waals surface area contributed by atoms with Crippen molar-refractivity contribution in [3.05, 3.63) is 24.8 Å². The van der Waals surface area contributed by atoms with Gasteiger partial charge >= 0.3 is 0 Å². The summed E-state index contributed by atoms with van der Waals surface area (Å²) in [5, 5.41) is 11.3. The summed E-state index contributed by atoms with van der Waals surface area (Å²) in [6.45, 7) is 1.53. The first-order valence-corrected chi connectivity index (χ1v) is 7.16. The molecule has 0 spiro atoms. The molecule has 3 N–H and O–H groups in total. The molecule has 10 heteroatoms. The van der Waals surface area contributed by atoms with Gasteiger partial charge in [0.1, 0.15) is 4.90 Å². The second kappa shape index (κ2) is 5.91. The maximum atomic E-state index is 11.9. The Labute approximate surface area is 110 Å². The average Bonchev–Trinajstić information content (AvgIpc) is 3.00. The molecule has 0 aliphatic rings. The third kappa shape index (κ3) is 3.59. The van der Waals surface area contributed by atoms with Gasteiger partial charge in [-0.1, -0.05) is 5.21 Å². The van der Waals surface area contributed by atoms with Crippen LogP contribution in [0.4, 0.5) is 0 Å². The average molecular weight is 285 g/mol. The highest BCUT2D eigenvalue weighted by Crippen LogP contribution is 2.06. The number of sulfonamides is 1. The van der Waals surface area contributed by atoms with E-state index in [2.05, 4.69) is 20.1 Å². The van der Waals surface area contributed by atoms with Crippen molar-refractivity contribution in [2.45, 2.75) is 18.0 Å². The van der Waals surface area contributed by atoms with Crippen molar-refractivity contribution >= 4 is 10.0 Å². The molecule has 2 aromatic heterocycles. The number of aromatic nitrogens is 5. The standard InChI is InChI=1S/C9H15N7O2S/c10-1-4-16-8-9(7-12-16)19(17,18)13-3-6-15-5-2-11-14-15/h2,5,7-8,13H,1,3-4,6,10H2. The van der Waals surface area contributed by atoms with Gasteiger partial charge in [0.2, 0.25) is 10.0 Å². The lowest BCUT2D eigenvalue weighted by atomic mass is 10.6. The number of nitrogens with zero attached hydrogens (tertiary/aromatic N) is 5. The highest BCUT2D eigenvalue weighted by atomic mass is 32.2. The van der Waals surface area contributed by atoms with Gasteiger partial charge in [-0.05, 0) is 0 Å². The van der Waals surface area contributed by atoms with Crippen LogP contribution < -0.4 is 10.5 Å². The Bertz CT molecular complexity index is 604. The zero-order valence-electron chi connectivity index (χ0n) is 10.2. The van der Waals surface area contributed by atoms with Crippen LogP contribution in [-0.2, 0) is 23.1 Å². The number of hydrogen-bond acceptors (Lipinski definition) is 6. The molecule has 0 fully saturated rings. The van der Waals surface area contributed by atoms with E-state index in [0.29, 0.717) is 19.6 Å². The first-order valence-electron chi connectivity index (χ1n) is 5.68. The van der Waals surface area contributed by atoms with E-state index in [9.17, 15) is 8.42 Å². The predicted octanol–water partition coefficient (Wildman–Crippen LogP) is -1.59. The van der Waals surface area contributed by atoms with E-state index in [1.165, 1.54) is 23.3 Å². The Morgan fingerprint density at radius 1 is 1.32 bits per heavy atom. The maximum Gasteiger partial charge on any atom is 0.243 e. The lowest BCUT2D eigenvalue weighted by Crippen LogP contribution is -2.27. The van der Waals surface area contributed by atoms with Gasteiger partial charge in [-0.3, -0.25) is 9.36 Å². The summed E-state index contributed by atoms with van der Waals surface area (Å²) >= 11 is 0. The van der Waals surface area contributed by atoms with Crippen LogP contribution in [0.1, 0.15) is 0 Å². The summed E-state index contributed by atoms with van der Waals surface area (Å²) in [6, 6.07) is 0. The topological polar surface area (TPSA) is 121 Å². The van der Waals surface area contributed by atoms with Gasteiger partial charge in [0.25, 0.3) is 0 Å². The smallest absolute Gasteiger partial charge is 0.243 e. The third-order valence-electron chi connectivity index (χ3n) is 2.38. The Morgan fingerprint density at radius 3 is 2.84 bits per heavy atom. The Kier molecular flexibility index (Phi) is 4.24. The summed E-state index contributed by atoms with van der Waals surface area (Å²) in [5.41, 5.74) is 5.37. The van der Waals surface area contributed by atoms with E-state index >= 15 is 0 Å². The molecule has 2 rings (SSSR count). The minimum Gasteiger partial charge on any atom is -0.329 e. The van der Waals surface area contributed by atoms with Crippen molar-refractivity contribution in [1.82, 2.24) is 29.5 Å². The minimum atomic E-state index is -3.55. The van der Waals surface area contributed by atoms with Crippen molar-refractivity contribution in [3.8, 4) is 0 Å². The molecule has 0 unspecified atom stereocenters. The van der Waals surface area contributed by atoms with Crippen LogP contribution in [0.2, 0.25) is 0 Å². The maximum absolute atomic E-state index is 11.9. The van der Waals surface area contributed by atoms with E-state index in [1.807, 2.05) is 0 Å². The summed E-state index contributed by atoms with van der Waals surface area (Å²) in [5.74, 6) is 0. The molecule has 0 atom stereocenters. The van der Waals surface area contributed by atoms with Crippen LogP contribution in [0, 0.1) is 0 Å². The van der Waals surface area contributed by atoms with Gasteiger partial charge in [0, 0.05) is 25.5 Å². The van der Waals surface area contributed by atoms with Crippen molar-refractivity contribution < 1.29 is 8.42 Å². The second-order valence-electron chi connectivity index (χ2n) is 3.79. The van der Waals surface area contributed by atoms with E-state index in [1.54, 1.807) is 10.9 Å². The van der Waals surface area contributed by atoms with Gasteiger partial charge in [0.15, 0.2) is 0 Å². The lowest BCUT2D eigenvalue weighted by Gasteiger charge is -2.04. The molecule has 0 radical (unpaired) electrons. The highest BCUT2D eigenvalue weighted by molar-refractivity contribution is 7.89. The van der Waals surface area contributed by atoms with Gasteiger partial charge in [-0.15, -0.1) is 5.10 Å². The SMILES string of the molecule is NCCn1cc(S(=O)(=O)NCCn2ccnn2)cn1. The van der Waals surface area contributed by atoms with Crippen molar-refractivity contribution in [2.75, 3.05) is 13.1 Å². The van der Waals surface area contributed by atoms with E-state index in [4.69, 9.17) is 5.73 Å². The van der Waals surface area contributed by atoms with Crippen LogP contribution in [-0.4, -0.2) is 46.3 Å². The summed E-state index contributed by atoms with van der Waals surface area (Å²) in [6.07, 6.45) is 5.94. The zero-order chi connectivity index (χ0) is 13.7. The molecular formula is C9H15N7O2S. The fourth-order valence-corrected chi connectivity index (χ4v) is 2.44. The van der Waals surface area contributed by atoms with Crippen LogP contribution >= 0.6 is 0 Å². The Morgan fingerprint density at radius 2 is 2.16 bits per heavy atom. The highest BCUT2D eigenvalue weighted by Gasteiger charge is 2.15. The van der Waals surface area contributed by atoms with Crippen LogP contribution in [0.3, 0.4) is 0 Å². The normalized spacial score (nSPS) is 11.8. The first kappa shape index (κ1) is 13.6. The number of rotatable bonds is 7. The molecule has 19 heavy (non-hydrogen) atoms. The number of nitrogens with two attached hydrogens (primary N) is 1. The molecule has 0 aliphatic heterocycles. The summed E-state index contributed by atoms with van der Waals surface area (Å²) < 4.78 is 29.4. The fourth-order valence-electron chi connectivity index (χ4n) is 1.47. The summed E-state index contributed by atoms with van der Waals surface area (Å²) in [4.78, 5) is 0.125. The lowest BCUT2D eigenvalue weighted by molar-refractivity contribution is 0.552. The van der Waals surface area contributed by atoms with Crippen molar-refractivity contribution in [2.24, 2.45) is 5.73 Å². The van der Waals surface area contributed by atoms with Gasteiger partial charge in [0.05, 0.1) is 25.5 Å². The molecular weight excluding hydrogens is 270 g/mol. The van der Waals surface area contributed by atoms with E-state index < -0.39 is 10.0 Å². The van der Waals surface area contributed by atoms with E-state index in [0.717, 1.165) is 0 Å². The molecule has 0 aromatic carbocycles. The third-order valence-corrected chi connectivity index (χ3v) is 3.80. The quantitative estimate of drug-likeness (QED) is 0.633. The number of nitrogens with one attached hydrogen (secondary N) is 1. The first-order chi connectivity index (χ1) is 9.12. The molecule has 104 valence electrons. The summed E-state index contributed by atoms with van der Waals surface area (Å²) in [7, 11) is -3.55. The Balaban J connectivity index is 1.93. The number of hydrogen-bond donors (Lipinski definition) is 2. The van der Waals surface area contributed by atoms with Crippen molar-refractivity contribution in [1.29, 1.82) is 0 Å². The molecule has 0 amide bonds. The molecule has 0 saturated heterocycles. The van der Waals surface area contributed by atoms with Gasteiger partial charge in [-0.2, -0.15) is 5.10 Å². The molecule has 9 nitrogen and oxygen atoms in total. The van der Waals surface area contributed by atoms with Crippen LogP contribution in [0.25, 0.3) is 0 Å². The molecule has 0 saturated carbocycles. The molecule has 2 aromatic rings. The molecule has 0 aliphatic carbocycles. The monoisotopic (exact) mass is 285 g/mol. The van der Waals surface area contributed by atoms with E-state index in [-0.39, 0.29) is 11.4 Å². The second-order valence-corrected chi connectivity index (χ2v) is 5.56. The zero-order valence-corrected chi connectivity index (χ0v) is 11.0. The fraction of sp³-hybridized carbons (Fsp3) is 0.444. The van der Waals surface area contributed by atoms with Crippen LogP contribution in [0.15, 0.2) is 29.7 Å². The predicted molar refractivity (Wildman–Crippen MR) is 66.5 cm³/mol. The van der Waals surface area contributed by atoms with Gasteiger partial charge < -0.3 is 5.73 Å². The van der Waals surface area contributed by atoms with Crippen LogP contribution in [0.5, 0.6) is 0 Å². The largest absolute Gasteiger partial charge is 0.329 e. The Hall–Kier alpha value is -1.78. The molecule has 2 heterocycles. The van der Waals surface area contributed by atoms with Crippen molar-refractivity contribution in [3.63, 3.8) is 0 Å². The molecule has 0 bridgehead atoms. The van der Waals surface area contributed by atoms with Gasteiger partial charge in [-0.25, -0.2) is 13.1 Å².